The van der Waals surface area contributed by atoms with Gasteiger partial charge in [-0.3, -0.25) is 4.98 Å². The number of methoxy groups -OCH3 is 1. The Hall–Kier alpha value is -2.24. The summed E-state index contributed by atoms with van der Waals surface area (Å²) in [7, 11) is 1.22. The molecule has 19 heavy (non-hydrogen) atoms. The van der Waals surface area contributed by atoms with E-state index < -0.39 is 23.7 Å². The third kappa shape index (κ3) is 2.47. The largest absolute Gasteiger partial charge is 0.478 e. The maximum Gasteiger partial charge on any atom is 0.346 e. The Morgan fingerprint density at radius 1 is 1.26 bits per heavy atom. The molecule has 4 nitrogen and oxygen atoms in total. The van der Waals surface area contributed by atoms with Crippen molar-refractivity contribution < 1.29 is 23.0 Å². The fourth-order valence-corrected chi connectivity index (χ4v) is 1.67. The standard InChI is InChI=1S/C13H11F2NO3/c1-7(13(17)18-2)19-10-5-6-16-12-9(15)4-3-8(14)11(10)12/h3-7H,1-2H3/t7-/m1/s1. The van der Waals surface area contributed by atoms with E-state index in [1.807, 2.05) is 0 Å². The highest BCUT2D eigenvalue weighted by Gasteiger charge is 2.19. The molecule has 2 rings (SSSR count). The molecule has 0 aliphatic rings. The van der Waals surface area contributed by atoms with Crippen LogP contribution in [0, 0.1) is 11.6 Å². The van der Waals surface area contributed by atoms with Crippen LogP contribution in [-0.4, -0.2) is 24.2 Å². The minimum absolute atomic E-state index is 0.0416. The number of hydrogen-bond donors (Lipinski definition) is 0. The molecule has 1 aromatic heterocycles. The van der Waals surface area contributed by atoms with Gasteiger partial charge in [-0.15, -0.1) is 0 Å². The molecule has 0 aliphatic heterocycles. The van der Waals surface area contributed by atoms with Crippen molar-refractivity contribution in [2.45, 2.75) is 13.0 Å². The lowest BCUT2D eigenvalue weighted by Crippen LogP contribution is -2.25. The second-order valence-corrected chi connectivity index (χ2v) is 3.85. The summed E-state index contributed by atoms with van der Waals surface area (Å²) in [4.78, 5) is 15.0. The summed E-state index contributed by atoms with van der Waals surface area (Å²) in [6.45, 7) is 1.45. The molecular formula is C13H11F2NO3. The van der Waals surface area contributed by atoms with E-state index in [0.29, 0.717) is 0 Å². The van der Waals surface area contributed by atoms with Crippen LogP contribution in [0.1, 0.15) is 6.92 Å². The van der Waals surface area contributed by atoms with Crippen LogP contribution in [0.25, 0.3) is 10.9 Å². The van der Waals surface area contributed by atoms with Gasteiger partial charge in [0.05, 0.1) is 12.5 Å². The first kappa shape index (κ1) is 13.2. The number of halogens is 2. The Morgan fingerprint density at radius 3 is 2.63 bits per heavy atom. The van der Waals surface area contributed by atoms with Gasteiger partial charge in [0.15, 0.2) is 6.10 Å². The number of aromatic nitrogens is 1. The predicted molar refractivity (Wildman–Crippen MR) is 63.8 cm³/mol. The van der Waals surface area contributed by atoms with Gasteiger partial charge in [0.1, 0.15) is 22.9 Å². The smallest absolute Gasteiger partial charge is 0.346 e. The van der Waals surface area contributed by atoms with Crippen molar-refractivity contribution in [3.05, 3.63) is 36.0 Å². The highest BCUT2D eigenvalue weighted by molar-refractivity contribution is 5.86. The number of benzene rings is 1. The first-order valence-electron chi connectivity index (χ1n) is 5.51. The molecular weight excluding hydrogens is 256 g/mol. The molecule has 0 unspecified atom stereocenters. The van der Waals surface area contributed by atoms with Crippen molar-refractivity contribution >= 4 is 16.9 Å². The molecule has 6 heteroatoms. The van der Waals surface area contributed by atoms with Gasteiger partial charge >= 0.3 is 5.97 Å². The number of carbonyl (C=O) groups is 1. The van der Waals surface area contributed by atoms with E-state index in [1.54, 1.807) is 0 Å². The molecule has 1 aromatic carbocycles. The summed E-state index contributed by atoms with van der Waals surface area (Å²) in [5, 5.41) is -0.0988. The number of esters is 1. The third-order valence-corrected chi connectivity index (χ3v) is 2.59. The van der Waals surface area contributed by atoms with Gasteiger partial charge in [-0.05, 0) is 25.1 Å². The van der Waals surface area contributed by atoms with Crippen LogP contribution in [-0.2, 0) is 9.53 Å². The van der Waals surface area contributed by atoms with Gasteiger partial charge in [-0.1, -0.05) is 0 Å². The molecule has 1 heterocycles. The zero-order chi connectivity index (χ0) is 14.0. The molecule has 0 saturated carbocycles. The number of carbonyl (C=O) groups excluding carboxylic acids is 1. The molecule has 2 aromatic rings. The van der Waals surface area contributed by atoms with E-state index >= 15 is 0 Å². The van der Waals surface area contributed by atoms with E-state index in [0.717, 1.165) is 12.1 Å². The van der Waals surface area contributed by atoms with Crippen molar-refractivity contribution in [2.24, 2.45) is 0 Å². The lowest BCUT2D eigenvalue weighted by Gasteiger charge is -2.14. The summed E-state index contributed by atoms with van der Waals surface area (Å²) in [5.41, 5.74) is -0.144. The second kappa shape index (κ2) is 5.17. The Balaban J connectivity index is 2.50. The minimum Gasteiger partial charge on any atom is -0.478 e. The van der Waals surface area contributed by atoms with Gasteiger partial charge in [0.25, 0.3) is 0 Å². The SMILES string of the molecule is COC(=O)[C@@H](C)Oc1ccnc2c(F)ccc(F)c12. The van der Waals surface area contributed by atoms with Gasteiger partial charge < -0.3 is 9.47 Å². The van der Waals surface area contributed by atoms with Crippen molar-refractivity contribution in [3.63, 3.8) is 0 Å². The normalized spacial score (nSPS) is 12.2. The van der Waals surface area contributed by atoms with E-state index in [1.165, 1.54) is 26.3 Å². The van der Waals surface area contributed by atoms with Crippen molar-refractivity contribution in [1.82, 2.24) is 4.98 Å². The van der Waals surface area contributed by atoms with E-state index in [2.05, 4.69) is 9.72 Å². The first-order valence-corrected chi connectivity index (χ1v) is 5.51. The molecule has 0 saturated heterocycles. The summed E-state index contributed by atoms with van der Waals surface area (Å²) in [6.07, 6.45) is 0.350. The quantitative estimate of drug-likeness (QED) is 0.801. The molecule has 100 valence electrons. The molecule has 0 N–H and O–H groups in total. The Labute approximate surface area is 108 Å². The number of pyridine rings is 1. The van der Waals surface area contributed by atoms with Crippen LogP contribution < -0.4 is 4.74 Å². The maximum absolute atomic E-state index is 13.8. The number of rotatable bonds is 3. The second-order valence-electron chi connectivity index (χ2n) is 3.85. The first-order chi connectivity index (χ1) is 9.04. The summed E-state index contributed by atoms with van der Waals surface area (Å²) in [6, 6.07) is 3.33. The molecule has 0 bridgehead atoms. The van der Waals surface area contributed by atoms with Gasteiger partial charge in [-0.25, -0.2) is 13.6 Å². The maximum atomic E-state index is 13.8. The average molecular weight is 267 g/mol. The van der Waals surface area contributed by atoms with Crippen molar-refractivity contribution in [2.75, 3.05) is 7.11 Å². The van der Waals surface area contributed by atoms with E-state index in [9.17, 15) is 13.6 Å². The number of hydrogen-bond acceptors (Lipinski definition) is 4. The topological polar surface area (TPSA) is 48.4 Å². The van der Waals surface area contributed by atoms with Crippen molar-refractivity contribution in [3.8, 4) is 5.75 Å². The fourth-order valence-electron chi connectivity index (χ4n) is 1.67. The third-order valence-electron chi connectivity index (χ3n) is 2.59. The van der Waals surface area contributed by atoms with Crippen LogP contribution in [0.15, 0.2) is 24.4 Å². The summed E-state index contributed by atoms with van der Waals surface area (Å²) < 4.78 is 37.1. The molecule has 0 radical (unpaired) electrons. The molecule has 0 spiro atoms. The number of fused-ring (bicyclic) bond motifs is 1. The van der Waals surface area contributed by atoms with Gasteiger partial charge in [0, 0.05) is 6.20 Å². The fraction of sp³-hybridized carbons (Fsp3) is 0.231. The Bertz CT molecular complexity index is 631. The summed E-state index contributed by atoms with van der Waals surface area (Å²) >= 11 is 0. The molecule has 0 aliphatic carbocycles. The zero-order valence-corrected chi connectivity index (χ0v) is 10.3. The van der Waals surface area contributed by atoms with Crippen LogP contribution >= 0.6 is 0 Å². The zero-order valence-electron chi connectivity index (χ0n) is 10.3. The van der Waals surface area contributed by atoms with Crippen LogP contribution in [0.3, 0.4) is 0 Å². The number of nitrogens with zero attached hydrogens (tertiary/aromatic N) is 1. The Morgan fingerprint density at radius 2 is 1.95 bits per heavy atom. The number of ether oxygens (including phenoxy) is 2. The van der Waals surface area contributed by atoms with Gasteiger partial charge in [-0.2, -0.15) is 0 Å². The minimum atomic E-state index is -0.932. The highest BCUT2D eigenvalue weighted by atomic mass is 19.1. The lowest BCUT2D eigenvalue weighted by atomic mass is 10.2. The van der Waals surface area contributed by atoms with Crippen LogP contribution in [0.4, 0.5) is 8.78 Å². The predicted octanol–water partition coefficient (Wildman–Crippen LogP) is 2.45. The van der Waals surface area contributed by atoms with Crippen LogP contribution in [0.2, 0.25) is 0 Å². The Kier molecular flexibility index (Phi) is 3.59. The average Bonchev–Trinajstić information content (AvgIpc) is 2.42. The van der Waals surface area contributed by atoms with E-state index in [4.69, 9.17) is 4.74 Å². The lowest BCUT2D eigenvalue weighted by molar-refractivity contribution is -0.147. The van der Waals surface area contributed by atoms with Crippen LogP contribution in [0.5, 0.6) is 5.75 Å². The van der Waals surface area contributed by atoms with Crippen molar-refractivity contribution in [1.29, 1.82) is 0 Å². The van der Waals surface area contributed by atoms with E-state index in [-0.39, 0.29) is 16.7 Å². The van der Waals surface area contributed by atoms with Gasteiger partial charge in [0.2, 0.25) is 0 Å². The molecule has 0 fully saturated rings. The molecule has 0 amide bonds. The summed E-state index contributed by atoms with van der Waals surface area (Å²) in [5.74, 6) is -1.90. The highest BCUT2D eigenvalue weighted by Crippen LogP contribution is 2.29. The monoisotopic (exact) mass is 267 g/mol. The molecule has 1 atom stereocenters.